The first kappa shape index (κ1) is 59.7. The first-order valence-electron chi connectivity index (χ1n) is 33.7. The molecule has 0 bridgehead atoms. The summed E-state index contributed by atoms with van der Waals surface area (Å²) in [7, 11) is 0. The third kappa shape index (κ3) is 9.74. The normalized spacial score (nSPS) is 17.7. The Hall–Kier alpha value is -8.60. The summed E-state index contributed by atoms with van der Waals surface area (Å²) >= 11 is 0. The van der Waals surface area contributed by atoms with Gasteiger partial charge in [-0.1, -0.05) is 258 Å². The Morgan fingerprint density at radius 1 is 0.380 bits per heavy atom. The van der Waals surface area contributed by atoms with Gasteiger partial charge >= 0.3 is 0 Å². The molecule has 2 aliphatic heterocycles. The lowest BCUT2D eigenvalue weighted by atomic mass is 9.34. The second-order valence-electron chi connectivity index (χ2n) is 33.5. The molecular formula is C88H89BN2O. The summed E-state index contributed by atoms with van der Waals surface area (Å²) < 4.78 is 10.1. The average Bonchev–Trinajstić information content (AvgIpc) is 0.742. The van der Waals surface area contributed by atoms with E-state index in [9.17, 15) is 0 Å². The molecule has 6 aliphatic rings. The monoisotopic (exact) mass is 1200 g/mol. The van der Waals surface area contributed by atoms with E-state index >= 15 is 0 Å². The summed E-state index contributed by atoms with van der Waals surface area (Å²) in [4.78, 5) is 2.68. The molecule has 0 radical (unpaired) electrons. The number of anilines is 3. The van der Waals surface area contributed by atoms with E-state index in [-0.39, 0.29) is 51.0 Å². The van der Waals surface area contributed by atoms with E-state index in [0.717, 1.165) is 34.2 Å². The summed E-state index contributed by atoms with van der Waals surface area (Å²) in [6.45, 7) is 42.0. The first-order valence-corrected chi connectivity index (χ1v) is 33.7. The Kier molecular flexibility index (Phi) is 13.3. The number of allylic oxidation sites excluding steroid dienone is 14. The summed E-state index contributed by atoms with van der Waals surface area (Å²) in [5.41, 5.74) is 30.9. The van der Waals surface area contributed by atoms with Gasteiger partial charge in [-0.3, -0.25) is 0 Å². The van der Waals surface area contributed by atoms with Gasteiger partial charge < -0.3 is 14.2 Å². The Morgan fingerprint density at radius 2 is 0.913 bits per heavy atom. The molecule has 0 amide bonds. The van der Waals surface area contributed by atoms with E-state index in [1.807, 2.05) is 0 Å². The molecule has 2 unspecified atom stereocenters. The number of benzene rings is 8. The molecule has 3 nitrogen and oxygen atoms in total. The predicted molar refractivity (Wildman–Crippen MR) is 395 cm³/mol. The van der Waals surface area contributed by atoms with Crippen molar-refractivity contribution in [3.8, 4) is 39.4 Å². The van der Waals surface area contributed by atoms with Crippen LogP contribution in [0.2, 0.25) is 0 Å². The Morgan fingerprint density at radius 3 is 1.46 bits per heavy atom. The van der Waals surface area contributed by atoms with E-state index in [2.05, 4.69) is 334 Å². The van der Waals surface area contributed by atoms with E-state index in [0.29, 0.717) is 0 Å². The van der Waals surface area contributed by atoms with Crippen LogP contribution in [0, 0.1) is 22.7 Å². The minimum absolute atomic E-state index is 0.00645. The van der Waals surface area contributed by atoms with Crippen LogP contribution >= 0.6 is 0 Å². The van der Waals surface area contributed by atoms with Gasteiger partial charge in [0, 0.05) is 50.8 Å². The molecule has 0 fully saturated rings. The molecular weight excluding hydrogens is 1110 g/mol. The van der Waals surface area contributed by atoms with Gasteiger partial charge in [-0.15, -0.1) is 0 Å². The van der Waals surface area contributed by atoms with Crippen molar-refractivity contribution in [1.82, 2.24) is 4.57 Å². The molecule has 92 heavy (non-hydrogen) atoms. The average molecular weight is 1200 g/mol. The highest BCUT2D eigenvalue weighted by atomic mass is 16.5. The van der Waals surface area contributed by atoms with Crippen molar-refractivity contribution in [3.05, 3.63) is 262 Å². The van der Waals surface area contributed by atoms with Crippen molar-refractivity contribution in [2.45, 2.75) is 146 Å². The van der Waals surface area contributed by atoms with Crippen LogP contribution in [0.1, 0.15) is 152 Å². The first-order chi connectivity index (χ1) is 43.4. The van der Waals surface area contributed by atoms with Crippen molar-refractivity contribution in [2.75, 3.05) is 4.90 Å². The lowest BCUT2D eigenvalue weighted by Crippen LogP contribution is -2.59. The lowest BCUT2D eigenvalue weighted by molar-refractivity contribution is 0.483. The highest BCUT2D eigenvalue weighted by Crippen LogP contribution is 2.57. The molecule has 15 rings (SSSR count). The zero-order chi connectivity index (χ0) is 64.7. The van der Waals surface area contributed by atoms with E-state index in [4.69, 9.17) is 4.74 Å². The van der Waals surface area contributed by atoms with Gasteiger partial charge in [0.05, 0.1) is 16.7 Å². The molecule has 1 aromatic heterocycles. The molecule has 0 saturated heterocycles. The number of hydrogen-bond acceptors (Lipinski definition) is 2. The standard InChI is InChI=1S/C88H89BN2O/c1-83(2,3)58-32-36-73-68(44-58)69-45-59(84(4,5)6)33-37-74(69)90(73)64-34-35-71-75(51-64)91(82-66(52-25-21-19-22-26-52)46-62(87(13,14)15)47-67(82)53-27-23-20-24-28-53)76-49-63(88(16,17)18)50-78-81(76)89(71)72-43-54(31-38-77(72)92-78)65-42-57-41-60(85(7,8)9)39-55-29-30-56-40-61(86(10,11)12)48-70(65)80(56)79(55)57/h19-51,79-80H,1-18H3. The molecule has 2 atom stereocenters. The SMILES string of the molecule is CC(C)(C)C1=CC2=CC(c3ccc4c(c3)B3c5ccc(-n6c7ccc(C(C)(C)C)cc7c7cc(C(C)(C)C)ccc76)cc5N(c5c(-c6ccccc6)cc(C(C)(C)C)cc5-c5ccccc5)c5cc(C(C)(C)C)cc(c53)O4)=C3C=C(C(C)(C)C)C=C4C=CC(=C1)C2C43. The van der Waals surface area contributed by atoms with Gasteiger partial charge in [-0.05, 0) is 194 Å². The highest BCUT2D eigenvalue weighted by molar-refractivity contribution is 6.99. The van der Waals surface area contributed by atoms with Crippen molar-refractivity contribution >= 4 is 67.5 Å². The smallest absolute Gasteiger partial charge is 0.256 e. The van der Waals surface area contributed by atoms with Crippen molar-refractivity contribution < 1.29 is 4.74 Å². The van der Waals surface area contributed by atoms with Crippen LogP contribution in [0.3, 0.4) is 0 Å². The Bertz CT molecular complexity index is 4730. The van der Waals surface area contributed by atoms with Crippen LogP contribution < -0.4 is 26.0 Å². The second-order valence-corrected chi connectivity index (χ2v) is 33.5. The van der Waals surface area contributed by atoms with Crippen LogP contribution in [0.15, 0.2) is 234 Å². The topological polar surface area (TPSA) is 17.4 Å². The zero-order valence-corrected chi connectivity index (χ0v) is 57.6. The Labute approximate surface area is 548 Å². The molecule has 9 aromatic rings. The Balaban J connectivity index is 1.05. The fourth-order valence-electron chi connectivity index (χ4n) is 15.5. The maximum absolute atomic E-state index is 7.58. The number of fused-ring (bicyclic) bond motifs is 7. The molecule has 460 valence electrons. The van der Waals surface area contributed by atoms with Crippen LogP contribution in [0.4, 0.5) is 17.1 Å². The highest BCUT2D eigenvalue weighted by Gasteiger charge is 2.46. The van der Waals surface area contributed by atoms with Crippen molar-refractivity contribution in [1.29, 1.82) is 0 Å². The van der Waals surface area contributed by atoms with Gasteiger partial charge in [-0.25, -0.2) is 0 Å². The van der Waals surface area contributed by atoms with Crippen LogP contribution in [0.5, 0.6) is 11.5 Å². The van der Waals surface area contributed by atoms with Crippen molar-refractivity contribution in [2.24, 2.45) is 22.7 Å². The van der Waals surface area contributed by atoms with E-state index < -0.39 is 0 Å². The molecule has 0 spiro atoms. The van der Waals surface area contributed by atoms with E-state index in [1.54, 1.807) is 0 Å². The summed E-state index contributed by atoms with van der Waals surface area (Å²) in [5.74, 6) is 2.30. The molecule has 4 heteroatoms. The van der Waals surface area contributed by atoms with Gasteiger partial charge in [0.25, 0.3) is 6.71 Å². The number of aromatic nitrogens is 1. The number of hydrogen-bond donors (Lipinski definition) is 0. The van der Waals surface area contributed by atoms with Gasteiger partial charge in [0.2, 0.25) is 0 Å². The number of nitrogens with zero attached hydrogens (tertiary/aromatic N) is 2. The fraction of sp³-hybridized carbons (Fsp3) is 0.295. The van der Waals surface area contributed by atoms with Gasteiger partial charge in [0.15, 0.2) is 0 Å². The van der Waals surface area contributed by atoms with Gasteiger partial charge in [0.1, 0.15) is 11.5 Å². The molecule has 3 heterocycles. The lowest BCUT2D eigenvalue weighted by Gasteiger charge is -2.44. The molecule has 8 aromatic carbocycles. The quantitative estimate of drug-likeness (QED) is 0.160. The number of ether oxygens (including phenoxy) is 1. The summed E-state index contributed by atoms with van der Waals surface area (Å²) in [6.07, 6.45) is 17.5. The van der Waals surface area contributed by atoms with Gasteiger partial charge in [-0.2, -0.15) is 0 Å². The van der Waals surface area contributed by atoms with Crippen LogP contribution in [-0.2, 0) is 21.7 Å². The second kappa shape index (κ2) is 20.5. The molecule has 0 N–H and O–H groups in total. The largest absolute Gasteiger partial charge is 0.458 e. The van der Waals surface area contributed by atoms with Crippen molar-refractivity contribution in [3.63, 3.8) is 0 Å². The summed E-state index contributed by atoms with van der Waals surface area (Å²) in [5, 5.41) is 2.55. The fourth-order valence-corrected chi connectivity index (χ4v) is 15.5. The molecule has 4 aliphatic carbocycles. The maximum atomic E-state index is 7.58. The van der Waals surface area contributed by atoms with Crippen LogP contribution in [-0.4, -0.2) is 11.3 Å². The molecule has 0 saturated carbocycles. The predicted octanol–water partition coefficient (Wildman–Crippen LogP) is 22.0. The minimum Gasteiger partial charge on any atom is -0.458 e. The zero-order valence-electron chi connectivity index (χ0n) is 57.6. The van der Waals surface area contributed by atoms with E-state index in [1.165, 1.54) is 127 Å². The third-order valence-electron chi connectivity index (χ3n) is 20.9. The minimum atomic E-state index is -0.222. The number of rotatable bonds is 5. The maximum Gasteiger partial charge on any atom is 0.256 e. The van der Waals surface area contributed by atoms with Crippen LogP contribution in [0.25, 0.3) is 55.3 Å². The third-order valence-corrected chi connectivity index (χ3v) is 20.9. The summed E-state index contributed by atoms with van der Waals surface area (Å²) in [6, 6.07) is 61.3.